The number of rotatable bonds is 4. The fourth-order valence-corrected chi connectivity index (χ4v) is 3.04. The molecule has 19 heavy (non-hydrogen) atoms. The van der Waals surface area contributed by atoms with E-state index in [0.29, 0.717) is 5.00 Å². The molecule has 0 atom stereocenters. The summed E-state index contributed by atoms with van der Waals surface area (Å²) in [6, 6.07) is 3.44. The van der Waals surface area contributed by atoms with Gasteiger partial charge in [-0.05, 0) is 41.5 Å². The first-order chi connectivity index (χ1) is 9.08. The fraction of sp³-hybridized carbons (Fsp3) is 0.0769. The number of thiophene rings is 2. The number of carbonyl (C=O) groups is 2. The van der Waals surface area contributed by atoms with Crippen LogP contribution in [-0.2, 0) is 4.79 Å². The molecule has 2 rings (SSSR count). The maximum Gasteiger partial charge on any atom is 0.338 e. The van der Waals surface area contributed by atoms with Crippen molar-refractivity contribution in [1.82, 2.24) is 0 Å². The van der Waals surface area contributed by atoms with Gasteiger partial charge in [-0.3, -0.25) is 4.79 Å². The van der Waals surface area contributed by atoms with Crippen LogP contribution >= 0.6 is 22.7 Å². The molecule has 98 valence electrons. The summed E-state index contributed by atoms with van der Waals surface area (Å²) in [4.78, 5) is 23.6. The van der Waals surface area contributed by atoms with Gasteiger partial charge in [0.1, 0.15) is 5.00 Å². The molecule has 2 N–H and O–H groups in total. The highest BCUT2D eigenvalue weighted by molar-refractivity contribution is 7.14. The number of carboxylic acid groups (broad SMARTS) is 1. The highest BCUT2D eigenvalue weighted by atomic mass is 32.1. The standard InChI is InChI=1S/C13H11NO3S2/c1-8-4-6-18-10(8)2-3-11(15)14-12-9(13(16)17)5-7-19-12/h2-7H,1H3,(H,14,15)(H,16,17)/b3-2+. The van der Waals surface area contributed by atoms with E-state index in [1.54, 1.807) is 22.8 Å². The van der Waals surface area contributed by atoms with Crippen molar-refractivity contribution in [1.29, 1.82) is 0 Å². The van der Waals surface area contributed by atoms with Crippen molar-refractivity contribution in [3.8, 4) is 0 Å². The van der Waals surface area contributed by atoms with Crippen LogP contribution in [0.1, 0.15) is 20.8 Å². The predicted octanol–water partition coefficient (Wildman–Crippen LogP) is 3.47. The van der Waals surface area contributed by atoms with Gasteiger partial charge in [-0.2, -0.15) is 0 Å². The molecule has 0 aromatic carbocycles. The van der Waals surface area contributed by atoms with Crippen molar-refractivity contribution >= 4 is 45.6 Å². The second kappa shape index (κ2) is 5.81. The number of carboxylic acids is 1. The molecule has 0 aliphatic heterocycles. The molecular formula is C13H11NO3S2. The lowest BCUT2D eigenvalue weighted by Gasteiger charge is -2.00. The number of carbonyl (C=O) groups excluding carboxylic acids is 1. The van der Waals surface area contributed by atoms with Gasteiger partial charge in [0, 0.05) is 11.0 Å². The normalized spacial score (nSPS) is 10.8. The molecule has 0 aliphatic rings. The molecule has 0 unspecified atom stereocenters. The maximum absolute atomic E-state index is 11.7. The third kappa shape index (κ3) is 3.30. The van der Waals surface area contributed by atoms with Gasteiger partial charge in [0.15, 0.2) is 0 Å². The van der Waals surface area contributed by atoms with E-state index in [1.807, 2.05) is 18.4 Å². The first-order valence-electron chi connectivity index (χ1n) is 5.42. The fourth-order valence-electron chi connectivity index (χ4n) is 1.43. The summed E-state index contributed by atoms with van der Waals surface area (Å²) in [5.74, 6) is -1.38. The Balaban J connectivity index is 2.06. The Labute approximate surface area is 118 Å². The highest BCUT2D eigenvalue weighted by Gasteiger charge is 2.12. The van der Waals surface area contributed by atoms with Crippen LogP contribution in [0, 0.1) is 6.92 Å². The van der Waals surface area contributed by atoms with Crippen molar-refractivity contribution in [2.75, 3.05) is 5.32 Å². The third-order valence-corrected chi connectivity index (χ3v) is 4.23. The van der Waals surface area contributed by atoms with E-state index in [0.717, 1.165) is 10.4 Å². The van der Waals surface area contributed by atoms with E-state index < -0.39 is 5.97 Å². The summed E-state index contributed by atoms with van der Waals surface area (Å²) in [5, 5.41) is 15.4. The topological polar surface area (TPSA) is 66.4 Å². The highest BCUT2D eigenvalue weighted by Crippen LogP contribution is 2.23. The van der Waals surface area contributed by atoms with Gasteiger partial charge in [0.05, 0.1) is 5.56 Å². The maximum atomic E-state index is 11.7. The van der Waals surface area contributed by atoms with Gasteiger partial charge >= 0.3 is 5.97 Å². The van der Waals surface area contributed by atoms with E-state index >= 15 is 0 Å². The van der Waals surface area contributed by atoms with E-state index in [-0.39, 0.29) is 11.5 Å². The van der Waals surface area contributed by atoms with Gasteiger partial charge < -0.3 is 10.4 Å². The molecule has 2 heterocycles. The first-order valence-corrected chi connectivity index (χ1v) is 7.18. The zero-order valence-corrected chi connectivity index (χ0v) is 11.7. The van der Waals surface area contributed by atoms with Crippen LogP contribution in [0.15, 0.2) is 29.0 Å². The van der Waals surface area contributed by atoms with Crippen molar-refractivity contribution < 1.29 is 14.7 Å². The van der Waals surface area contributed by atoms with Gasteiger partial charge in [0.25, 0.3) is 0 Å². The zero-order valence-electron chi connectivity index (χ0n) is 10.0. The van der Waals surface area contributed by atoms with Crippen LogP contribution in [0.4, 0.5) is 5.00 Å². The van der Waals surface area contributed by atoms with Gasteiger partial charge in [-0.1, -0.05) is 0 Å². The summed E-state index contributed by atoms with van der Waals surface area (Å²) in [6.45, 7) is 1.97. The smallest absolute Gasteiger partial charge is 0.338 e. The Bertz CT molecular complexity index is 640. The Morgan fingerprint density at radius 1 is 1.26 bits per heavy atom. The molecule has 0 bridgehead atoms. The molecule has 0 fully saturated rings. The molecule has 0 aliphatic carbocycles. The van der Waals surface area contributed by atoms with Crippen LogP contribution in [0.25, 0.3) is 6.08 Å². The number of hydrogen-bond acceptors (Lipinski definition) is 4. The van der Waals surface area contributed by atoms with Gasteiger partial charge in [-0.25, -0.2) is 4.79 Å². The van der Waals surface area contributed by atoms with Crippen LogP contribution in [-0.4, -0.2) is 17.0 Å². The van der Waals surface area contributed by atoms with Crippen LogP contribution in [0.2, 0.25) is 0 Å². The van der Waals surface area contributed by atoms with Crippen LogP contribution in [0.5, 0.6) is 0 Å². The van der Waals surface area contributed by atoms with Crippen molar-refractivity contribution in [2.24, 2.45) is 0 Å². The summed E-state index contributed by atoms with van der Waals surface area (Å²) in [7, 11) is 0. The van der Waals surface area contributed by atoms with Crippen molar-refractivity contribution in [2.45, 2.75) is 6.92 Å². The number of hydrogen-bond donors (Lipinski definition) is 2. The summed E-state index contributed by atoms with van der Waals surface area (Å²) >= 11 is 2.74. The number of anilines is 1. The lowest BCUT2D eigenvalue weighted by molar-refractivity contribution is -0.111. The summed E-state index contributed by atoms with van der Waals surface area (Å²) in [6.07, 6.45) is 3.13. The Kier molecular flexibility index (Phi) is 4.13. The second-order valence-electron chi connectivity index (χ2n) is 3.76. The third-order valence-electron chi connectivity index (χ3n) is 2.42. The number of nitrogens with one attached hydrogen (secondary N) is 1. The van der Waals surface area contributed by atoms with Gasteiger partial charge in [0.2, 0.25) is 5.91 Å². The molecular weight excluding hydrogens is 282 g/mol. The molecule has 0 saturated carbocycles. The van der Waals surface area contributed by atoms with E-state index in [9.17, 15) is 9.59 Å². The minimum atomic E-state index is -1.05. The SMILES string of the molecule is Cc1ccsc1/C=C/C(=O)Nc1sccc1C(=O)O. The number of aryl methyl sites for hydroxylation is 1. The molecule has 0 radical (unpaired) electrons. The van der Waals surface area contributed by atoms with Crippen LogP contribution in [0.3, 0.4) is 0 Å². The first kappa shape index (κ1) is 13.5. The monoisotopic (exact) mass is 293 g/mol. The Hall–Kier alpha value is -1.92. The average molecular weight is 293 g/mol. The molecule has 4 nitrogen and oxygen atoms in total. The lowest BCUT2D eigenvalue weighted by atomic mass is 10.3. The summed E-state index contributed by atoms with van der Waals surface area (Å²) < 4.78 is 0. The largest absolute Gasteiger partial charge is 0.478 e. The minimum absolute atomic E-state index is 0.110. The van der Waals surface area contributed by atoms with E-state index in [4.69, 9.17) is 5.11 Å². The zero-order chi connectivity index (χ0) is 13.8. The molecule has 0 saturated heterocycles. The second-order valence-corrected chi connectivity index (χ2v) is 5.62. The summed E-state index contributed by atoms with van der Waals surface area (Å²) in [5.41, 5.74) is 1.22. The average Bonchev–Trinajstić information content (AvgIpc) is 2.95. The van der Waals surface area contributed by atoms with E-state index in [2.05, 4.69) is 5.32 Å². The molecule has 2 aromatic heterocycles. The predicted molar refractivity (Wildman–Crippen MR) is 78.0 cm³/mol. The number of aromatic carboxylic acids is 1. The molecule has 6 heteroatoms. The minimum Gasteiger partial charge on any atom is -0.478 e. The lowest BCUT2D eigenvalue weighted by Crippen LogP contribution is -2.09. The number of amides is 1. The van der Waals surface area contributed by atoms with Crippen molar-refractivity contribution in [3.05, 3.63) is 45.0 Å². The quantitative estimate of drug-likeness (QED) is 0.848. The Morgan fingerprint density at radius 3 is 2.63 bits per heavy atom. The van der Waals surface area contributed by atoms with Crippen molar-refractivity contribution in [3.63, 3.8) is 0 Å². The Morgan fingerprint density at radius 2 is 2.00 bits per heavy atom. The molecule has 2 aromatic rings. The van der Waals surface area contributed by atoms with Gasteiger partial charge in [-0.15, -0.1) is 22.7 Å². The molecule has 1 amide bonds. The van der Waals surface area contributed by atoms with E-state index in [1.165, 1.54) is 23.5 Å². The van der Waals surface area contributed by atoms with Crippen LogP contribution < -0.4 is 5.32 Å². The molecule has 0 spiro atoms.